The van der Waals surface area contributed by atoms with Gasteiger partial charge in [0, 0.05) is 44.3 Å². The molecule has 222 valence electrons. The first-order chi connectivity index (χ1) is 22.0. The lowest BCUT2D eigenvalue weighted by atomic mass is 9.99. The highest BCUT2D eigenvalue weighted by molar-refractivity contribution is 6.31. The second-order valence-corrected chi connectivity index (χ2v) is 11.5. The molecule has 4 heterocycles. The summed E-state index contributed by atoms with van der Waals surface area (Å²) >= 11 is 12.7. The van der Waals surface area contributed by atoms with E-state index in [-0.39, 0.29) is 11.9 Å². The number of rotatable bonds is 8. The first-order valence-corrected chi connectivity index (χ1v) is 15.1. The topological polar surface area (TPSA) is 93.4 Å². The summed E-state index contributed by atoms with van der Waals surface area (Å²) in [6.07, 6.45) is 5.22. The van der Waals surface area contributed by atoms with Crippen LogP contribution >= 0.6 is 23.2 Å². The number of nitrogens with zero attached hydrogens (tertiary/aromatic N) is 5. The van der Waals surface area contributed by atoms with E-state index in [2.05, 4.69) is 31.9 Å². The number of pyridine rings is 1. The Labute approximate surface area is 269 Å². The van der Waals surface area contributed by atoms with E-state index < -0.39 is 0 Å². The molecule has 0 saturated heterocycles. The number of aromatic amines is 1. The van der Waals surface area contributed by atoms with Crippen molar-refractivity contribution in [2.24, 2.45) is 0 Å². The molecule has 4 aromatic heterocycles. The molecule has 0 unspecified atom stereocenters. The fraction of sp³-hybridized carbons (Fsp3) is 0.0857. The molecule has 7 rings (SSSR count). The van der Waals surface area contributed by atoms with Gasteiger partial charge in [-0.25, -0.2) is 9.67 Å². The van der Waals surface area contributed by atoms with E-state index in [0.717, 1.165) is 39.1 Å². The standard InChI is InChI=1S/C35H27Cl2N7O/c1-22(23-10-12-25(36)13-11-23)43-21-39-32(24-7-3-2-4-8-24)34(43)31-28-15-14-26(37)19-29(28)41-33(31)35(45)42-30-16-18-40-44(30)20-27-9-5-6-17-38-27/h2-19,21-22,41H,20H2,1H3,(H,42,45)/t22-/m0/s1. The molecule has 3 aromatic carbocycles. The van der Waals surface area contributed by atoms with Gasteiger partial charge in [-0.2, -0.15) is 5.10 Å². The molecule has 2 N–H and O–H groups in total. The van der Waals surface area contributed by atoms with E-state index in [0.29, 0.717) is 33.7 Å². The molecular formula is C35H27Cl2N7O. The summed E-state index contributed by atoms with van der Waals surface area (Å²) in [7, 11) is 0. The van der Waals surface area contributed by atoms with Crippen LogP contribution < -0.4 is 5.32 Å². The van der Waals surface area contributed by atoms with Crippen LogP contribution in [0.1, 0.15) is 34.7 Å². The predicted octanol–water partition coefficient (Wildman–Crippen LogP) is 8.51. The van der Waals surface area contributed by atoms with Gasteiger partial charge in [0.25, 0.3) is 5.91 Å². The average Bonchev–Trinajstić information content (AvgIpc) is 3.78. The van der Waals surface area contributed by atoms with Gasteiger partial charge in [0.2, 0.25) is 0 Å². The van der Waals surface area contributed by atoms with Crippen molar-refractivity contribution in [1.82, 2.24) is 29.3 Å². The summed E-state index contributed by atoms with van der Waals surface area (Å²) in [4.78, 5) is 26.9. The fourth-order valence-electron chi connectivity index (χ4n) is 5.59. The van der Waals surface area contributed by atoms with Crippen molar-refractivity contribution in [2.45, 2.75) is 19.5 Å². The third-order valence-corrected chi connectivity index (χ3v) is 8.32. The lowest BCUT2D eigenvalue weighted by molar-refractivity contribution is 0.102. The zero-order valence-electron chi connectivity index (χ0n) is 24.2. The quantitative estimate of drug-likeness (QED) is 0.176. The van der Waals surface area contributed by atoms with Crippen LogP contribution in [0.3, 0.4) is 0 Å². The molecular weight excluding hydrogens is 605 g/mol. The Hall–Kier alpha value is -5.18. The van der Waals surface area contributed by atoms with Crippen LogP contribution in [0.4, 0.5) is 5.82 Å². The highest BCUT2D eigenvalue weighted by Gasteiger charge is 2.28. The van der Waals surface area contributed by atoms with E-state index >= 15 is 0 Å². The molecule has 0 bridgehead atoms. The number of nitrogens with one attached hydrogen (secondary N) is 2. The summed E-state index contributed by atoms with van der Waals surface area (Å²) in [5.41, 5.74) is 6.17. The summed E-state index contributed by atoms with van der Waals surface area (Å²) in [6.45, 7) is 2.51. The Bertz CT molecular complexity index is 2120. The Kier molecular flexibility index (Phi) is 7.67. The summed E-state index contributed by atoms with van der Waals surface area (Å²) < 4.78 is 3.81. The molecule has 1 amide bonds. The zero-order chi connectivity index (χ0) is 30.9. The normalized spacial score (nSPS) is 12.0. The van der Waals surface area contributed by atoms with Gasteiger partial charge in [-0.1, -0.05) is 77.8 Å². The number of anilines is 1. The molecule has 0 radical (unpaired) electrons. The number of hydrogen-bond donors (Lipinski definition) is 2. The molecule has 0 fully saturated rings. The third kappa shape index (κ3) is 5.61. The lowest BCUT2D eigenvalue weighted by Gasteiger charge is -2.19. The molecule has 0 saturated carbocycles. The van der Waals surface area contributed by atoms with E-state index in [1.165, 1.54) is 0 Å². The molecule has 0 spiro atoms. The number of benzene rings is 3. The fourth-order valence-corrected chi connectivity index (χ4v) is 5.88. The number of halogens is 2. The lowest BCUT2D eigenvalue weighted by Crippen LogP contribution is -2.18. The minimum Gasteiger partial charge on any atom is -0.350 e. The molecule has 0 aliphatic carbocycles. The largest absolute Gasteiger partial charge is 0.350 e. The molecule has 8 nitrogen and oxygen atoms in total. The summed E-state index contributed by atoms with van der Waals surface area (Å²) in [6, 6.07) is 30.7. The van der Waals surface area contributed by atoms with Crippen molar-refractivity contribution in [3.63, 3.8) is 0 Å². The Morgan fingerprint density at radius 1 is 0.889 bits per heavy atom. The maximum atomic E-state index is 14.2. The third-order valence-electron chi connectivity index (χ3n) is 7.83. The first kappa shape index (κ1) is 28.6. The second-order valence-electron chi connectivity index (χ2n) is 10.7. The highest BCUT2D eigenvalue weighted by atomic mass is 35.5. The Morgan fingerprint density at radius 2 is 1.67 bits per heavy atom. The molecule has 1 atom stereocenters. The van der Waals surface area contributed by atoms with Gasteiger partial charge in [-0.3, -0.25) is 9.78 Å². The highest BCUT2D eigenvalue weighted by Crippen LogP contribution is 2.41. The number of fused-ring (bicyclic) bond motifs is 1. The Morgan fingerprint density at radius 3 is 2.44 bits per heavy atom. The van der Waals surface area contributed by atoms with Crippen LogP contribution in [-0.4, -0.2) is 35.2 Å². The number of imidazole rings is 1. The molecule has 0 aliphatic heterocycles. The van der Waals surface area contributed by atoms with Gasteiger partial charge in [0.15, 0.2) is 0 Å². The number of aromatic nitrogens is 6. The van der Waals surface area contributed by atoms with E-state index in [9.17, 15) is 4.79 Å². The monoisotopic (exact) mass is 631 g/mol. The van der Waals surface area contributed by atoms with Crippen molar-refractivity contribution in [1.29, 1.82) is 0 Å². The molecule has 10 heteroatoms. The van der Waals surface area contributed by atoms with E-state index in [4.69, 9.17) is 28.2 Å². The van der Waals surface area contributed by atoms with Crippen LogP contribution in [0.25, 0.3) is 33.4 Å². The molecule has 0 aliphatic rings. The number of amides is 1. The van der Waals surface area contributed by atoms with Gasteiger partial charge in [0.05, 0.1) is 42.2 Å². The van der Waals surface area contributed by atoms with Gasteiger partial charge < -0.3 is 14.9 Å². The second kappa shape index (κ2) is 12.1. The van der Waals surface area contributed by atoms with Crippen LogP contribution in [0, 0.1) is 0 Å². The predicted molar refractivity (Wildman–Crippen MR) is 179 cm³/mol. The minimum atomic E-state index is -0.328. The van der Waals surface area contributed by atoms with Crippen molar-refractivity contribution in [3.8, 4) is 22.5 Å². The number of H-pyrrole nitrogens is 1. The zero-order valence-corrected chi connectivity index (χ0v) is 25.7. The van der Waals surface area contributed by atoms with Crippen LogP contribution in [0.2, 0.25) is 10.0 Å². The number of carbonyl (C=O) groups is 1. The average molecular weight is 633 g/mol. The smallest absolute Gasteiger partial charge is 0.273 e. The Balaban J connectivity index is 1.38. The van der Waals surface area contributed by atoms with Crippen LogP contribution in [-0.2, 0) is 6.54 Å². The minimum absolute atomic E-state index is 0.129. The summed E-state index contributed by atoms with van der Waals surface area (Å²) in [5, 5.41) is 9.56. The van der Waals surface area contributed by atoms with Crippen molar-refractivity contribution >= 4 is 45.8 Å². The van der Waals surface area contributed by atoms with Crippen LogP contribution in [0.15, 0.2) is 116 Å². The van der Waals surface area contributed by atoms with E-state index in [1.54, 1.807) is 23.1 Å². The number of carbonyl (C=O) groups excluding carboxylic acids is 1. The number of hydrogen-bond acceptors (Lipinski definition) is 4. The molecule has 45 heavy (non-hydrogen) atoms. The van der Waals surface area contributed by atoms with Crippen molar-refractivity contribution in [3.05, 3.63) is 143 Å². The van der Waals surface area contributed by atoms with Crippen molar-refractivity contribution < 1.29 is 4.79 Å². The summed E-state index contributed by atoms with van der Waals surface area (Å²) in [5.74, 6) is 0.214. The van der Waals surface area contributed by atoms with Crippen LogP contribution in [0.5, 0.6) is 0 Å². The van der Waals surface area contributed by atoms with Crippen molar-refractivity contribution in [2.75, 3.05) is 5.32 Å². The maximum absolute atomic E-state index is 14.2. The van der Waals surface area contributed by atoms with E-state index in [1.807, 2.05) is 97.3 Å². The van der Waals surface area contributed by atoms with Gasteiger partial charge in [0.1, 0.15) is 11.5 Å². The molecule has 7 aromatic rings. The van der Waals surface area contributed by atoms with Gasteiger partial charge in [-0.15, -0.1) is 0 Å². The van der Waals surface area contributed by atoms with Gasteiger partial charge in [-0.05, 0) is 48.9 Å². The van der Waals surface area contributed by atoms with Gasteiger partial charge >= 0.3 is 0 Å². The first-order valence-electron chi connectivity index (χ1n) is 14.4. The maximum Gasteiger partial charge on any atom is 0.273 e. The SMILES string of the molecule is C[C@@H](c1ccc(Cl)cc1)n1cnc(-c2ccccc2)c1-c1c(C(=O)Nc2ccnn2Cc2ccccn2)[nH]c2cc(Cl)ccc12.